The van der Waals surface area contributed by atoms with Crippen LogP contribution >= 0.6 is 0 Å². The van der Waals surface area contributed by atoms with Gasteiger partial charge in [0.15, 0.2) is 6.10 Å². The molecule has 0 saturated heterocycles. The van der Waals surface area contributed by atoms with Gasteiger partial charge in [0.25, 0.3) is 11.8 Å². The molecule has 0 spiro atoms. The number of benzene rings is 2. The van der Waals surface area contributed by atoms with E-state index in [1.165, 1.54) is 12.1 Å². The first-order chi connectivity index (χ1) is 11.4. The van der Waals surface area contributed by atoms with Crippen LogP contribution < -0.4 is 21.1 Å². The van der Waals surface area contributed by atoms with Crippen LogP contribution in [-0.4, -0.2) is 23.8 Å². The molecule has 122 valence electrons. The smallest absolute Gasteiger partial charge is 0.265 e. The van der Waals surface area contributed by atoms with Crippen LogP contribution in [-0.2, 0) is 4.79 Å². The third-order valence-corrected chi connectivity index (χ3v) is 3.58. The van der Waals surface area contributed by atoms with Crippen LogP contribution in [0.25, 0.3) is 0 Å². The predicted molar refractivity (Wildman–Crippen MR) is 88.1 cm³/mol. The monoisotopic (exact) mass is 325 g/mol. The Bertz CT molecular complexity index is 847. The molecule has 0 fully saturated rings. The van der Waals surface area contributed by atoms with E-state index in [0.29, 0.717) is 22.7 Å². The van der Waals surface area contributed by atoms with Gasteiger partial charge in [-0.25, -0.2) is 0 Å². The van der Waals surface area contributed by atoms with Gasteiger partial charge in [0.1, 0.15) is 5.75 Å². The average molecular weight is 325 g/mol. The standard InChI is InChI=1S/C17H15N3O4/c1-9-16(22)20-13-8-12(5-6-14(13)24-9)19-17(23)11-4-2-3-10(7-11)15(18)21/h2-9H,1H3,(H2,18,21)(H,19,23)(H,20,22). The lowest BCUT2D eigenvalue weighted by Crippen LogP contribution is -2.34. The Morgan fingerprint density at radius 3 is 2.67 bits per heavy atom. The molecular formula is C17H15N3O4. The van der Waals surface area contributed by atoms with Crippen molar-refractivity contribution < 1.29 is 19.1 Å². The van der Waals surface area contributed by atoms with Crippen molar-refractivity contribution in [3.63, 3.8) is 0 Å². The Balaban J connectivity index is 1.80. The summed E-state index contributed by atoms with van der Waals surface area (Å²) >= 11 is 0. The zero-order chi connectivity index (χ0) is 17.3. The minimum Gasteiger partial charge on any atom is -0.479 e. The van der Waals surface area contributed by atoms with Crippen molar-refractivity contribution >= 4 is 29.1 Å². The molecule has 1 heterocycles. The fourth-order valence-electron chi connectivity index (χ4n) is 2.30. The fraction of sp³-hybridized carbons (Fsp3) is 0.118. The summed E-state index contributed by atoms with van der Waals surface area (Å²) in [5.41, 5.74) is 6.74. The number of carbonyl (C=O) groups excluding carboxylic acids is 3. The third kappa shape index (κ3) is 3.05. The summed E-state index contributed by atoms with van der Waals surface area (Å²) in [5.74, 6) is -0.710. The first-order valence-corrected chi connectivity index (χ1v) is 7.27. The van der Waals surface area contributed by atoms with Crippen LogP contribution in [0.1, 0.15) is 27.6 Å². The molecule has 0 bridgehead atoms. The molecule has 0 radical (unpaired) electrons. The zero-order valence-corrected chi connectivity index (χ0v) is 12.8. The number of fused-ring (bicyclic) bond motifs is 1. The van der Waals surface area contributed by atoms with Gasteiger partial charge in [0, 0.05) is 16.8 Å². The maximum atomic E-state index is 12.3. The van der Waals surface area contributed by atoms with Crippen molar-refractivity contribution in [1.29, 1.82) is 0 Å². The van der Waals surface area contributed by atoms with Gasteiger partial charge in [0.2, 0.25) is 5.91 Å². The molecule has 24 heavy (non-hydrogen) atoms. The van der Waals surface area contributed by atoms with Crippen LogP contribution in [0.4, 0.5) is 11.4 Å². The number of hydrogen-bond donors (Lipinski definition) is 3. The average Bonchev–Trinajstić information content (AvgIpc) is 2.56. The summed E-state index contributed by atoms with van der Waals surface area (Å²) in [6.45, 7) is 1.65. The number of nitrogens with one attached hydrogen (secondary N) is 2. The maximum Gasteiger partial charge on any atom is 0.265 e. The Morgan fingerprint density at radius 1 is 1.17 bits per heavy atom. The lowest BCUT2D eigenvalue weighted by molar-refractivity contribution is -0.122. The van der Waals surface area contributed by atoms with Gasteiger partial charge in [-0.05, 0) is 43.3 Å². The van der Waals surface area contributed by atoms with Crippen molar-refractivity contribution in [2.45, 2.75) is 13.0 Å². The summed E-state index contributed by atoms with van der Waals surface area (Å²) < 4.78 is 5.45. The predicted octanol–water partition coefficient (Wildman–Crippen LogP) is 1.76. The topological polar surface area (TPSA) is 111 Å². The molecule has 0 aromatic heterocycles. The summed E-state index contributed by atoms with van der Waals surface area (Å²) in [5, 5.41) is 5.41. The van der Waals surface area contributed by atoms with Gasteiger partial charge in [-0.15, -0.1) is 0 Å². The molecule has 2 aromatic carbocycles. The molecule has 3 rings (SSSR count). The molecule has 3 amide bonds. The number of nitrogens with two attached hydrogens (primary N) is 1. The second-order valence-electron chi connectivity index (χ2n) is 5.36. The van der Waals surface area contributed by atoms with Crippen molar-refractivity contribution in [3.8, 4) is 5.75 Å². The van der Waals surface area contributed by atoms with E-state index in [-0.39, 0.29) is 11.5 Å². The van der Waals surface area contributed by atoms with Crippen LogP contribution in [0, 0.1) is 0 Å². The quantitative estimate of drug-likeness (QED) is 0.798. The summed E-state index contributed by atoms with van der Waals surface area (Å²) in [4.78, 5) is 35.1. The van der Waals surface area contributed by atoms with Gasteiger partial charge in [-0.2, -0.15) is 0 Å². The number of ether oxygens (including phenoxy) is 1. The van der Waals surface area contributed by atoms with Crippen molar-refractivity contribution in [2.75, 3.05) is 10.6 Å². The molecule has 4 N–H and O–H groups in total. The Hall–Kier alpha value is -3.35. The van der Waals surface area contributed by atoms with Gasteiger partial charge in [-0.1, -0.05) is 6.07 Å². The molecule has 2 aromatic rings. The largest absolute Gasteiger partial charge is 0.479 e. The molecule has 7 nitrogen and oxygen atoms in total. The van der Waals surface area contributed by atoms with Gasteiger partial charge in [0.05, 0.1) is 5.69 Å². The number of primary amides is 1. The van der Waals surface area contributed by atoms with E-state index in [4.69, 9.17) is 10.5 Å². The van der Waals surface area contributed by atoms with E-state index in [1.807, 2.05) is 0 Å². The van der Waals surface area contributed by atoms with Crippen LogP contribution in [0.3, 0.4) is 0 Å². The second kappa shape index (κ2) is 6.04. The molecule has 1 aliphatic heterocycles. The van der Waals surface area contributed by atoms with Crippen molar-refractivity contribution in [1.82, 2.24) is 0 Å². The Morgan fingerprint density at radius 2 is 1.92 bits per heavy atom. The van der Waals surface area contributed by atoms with Crippen molar-refractivity contribution in [3.05, 3.63) is 53.6 Å². The number of amides is 3. The van der Waals surface area contributed by atoms with E-state index in [1.54, 1.807) is 37.3 Å². The maximum absolute atomic E-state index is 12.3. The lowest BCUT2D eigenvalue weighted by Gasteiger charge is -2.23. The summed E-state index contributed by atoms with van der Waals surface area (Å²) in [6, 6.07) is 11.0. The SMILES string of the molecule is CC1Oc2ccc(NC(=O)c3cccc(C(N)=O)c3)cc2NC1=O. The molecule has 7 heteroatoms. The van der Waals surface area contributed by atoms with Gasteiger partial charge >= 0.3 is 0 Å². The highest BCUT2D eigenvalue weighted by Gasteiger charge is 2.23. The highest BCUT2D eigenvalue weighted by Crippen LogP contribution is 2.32. The molecule has 0 aliphatic carbocycles. The summed E-state index contributed by atoms with van der Waals surface area (Å²) in [7, 11) is 0. The van der Waals surface area contributed by atoms with Crippen LogP contribution in [0.2, 0.25) is 0 Å². The minimum atomic E-state index is -0.604. The van der Waals surface area contributed by atoms with Gasteiger partial charge in [-0.3, -0.25) is 14.4 Å². The highest BCUT2D eigenvalue weighted by molar-refractivity contribution is 6.06. The van der Waals surface area contributed by atoms with E-state index in [2.05, 4.69) is 10.6 Å². The number of anilines is 2. The normalized spacial score (nSPS) is 15.7. The highest BCUT2D eigenvalue weighted by atomic mass is 16.5. The number of carbonyl (C=O) groups is 3. The van der Waals surface area contributed by atoms with Crippen LogP contribution in [0.5, 0.6) is 5.75 Å². The molecule has 1 aliphatic rings. The molecule has 0 saturated carbocycles. The Kier molecular flexibility index (Phi) is 3.91. The number of rotatable bonds is 3. The van der Waals surface area contributed by atoms with Gasteiger partial charge < -0.3 is 21.1 Å². The number of hydrogen-bond acceptors (Lipinski definition) is 4. The lowest BCUT2D eigenvalue weighted by atomic mass is 10.1. The second-order valence-corrected chi connectivity index (χ2v) is 5.36. The fourth-order valence-corrected chi connectivity index (χ4v) is 2.30. The first-order valence-electron chi connectivity index (χ1n) is 7.27. The Labute approximate surface area is 137 Å². The van der Waals surface area contributed by atoms with Crippen LogP contribution in [0.15, 0.2) is 42.5 Å². The molecule has 1 unspecified atom stereocenters. The minimum absolute atomic E-state index is 0.250. The van der Waals surface area contributed by atoms with E-state index < -0.39 is 17.9 Å². The third-order valence-electron chi connectivity index (χ3n) is 3.58. The molecule has 1 atom stereocenters. The van der Waals surface area contributed by atoms with E-state index in [0.717, 1.165) is 0 Å². The zero-order valence-electron chi connectivity index (χ0n) is 12.8. The summed E-state index contributed by atoms with van der Waals surface area (Å²) in [6.07, 6.45) is -0.561. The van der Waals surface area contributed by atoms with E-state index in [9.17, 15) is 14.4 Å². The first kappa shape index (κ1) is 15.5. The van der Waals surface area contributed by atoms with E-state index >= 15 is 0 Å². The van der Waals surface area contributed by atoms with Crippen molar-refractivity contribution in [2.24, 2.45) is 5.73 Å². The molecular weight excluding hydrogens is 310 g/mol.